The summed E-state index contributed by atoms with van der Waals surface area (Å²) in [7, 11) is 0. The minimum Gasteiger partial charge on any atom is -0.358 e. The number of aryl methyl sites for hydroxylation is 1. The second-order valence-electron chi connectivity index (χ2n) is 6.87. The van der Waals surface area contributed by atoms with E-state index in [0.29, 0.717) is 11.7 Å². The molecule has 4 aromatic rings. The van der Waals surface area contributed by atoms with Crippen LogP contribution in [0.1, 0.15) is 23.0 Å². The highest BCUT2D eigenvalue weighted by Crippen LogP contribution is 2.31. The summed E-state index contributed by atoms with van der Waals surface area (Å²) in [6, 6.07) is 17.8. The van der Waals surface area contributed by atoms with E-state index in [-0.39, 0.29) is 11.0 Å². The number of carbonyl (C=O) groups is 1. The van der Waals surface area contributed by atoms with E-state index in [1.165, 1.54) is 11.8 Å². The van der Waals surface area contributed by atoms with Crippen LogP contribution >= 0.6 is 11.8 Å². The molecule has 1 atom stereocenters. The van der Waals surface area contributed by atoms with Gasteiger partial charge in [0.2, 0.25) is 0 Å². The van der Waals surface area contributed by atoms with Crippen molar-refractivity contribution in [3.63, 3.8) is 0 Å². The molecule has 2 heterocycles. The van der Waals surface area contributed by atoms with Crippen molar-refractivity contribution in [3.8, 4) is 11.4 Å². The molecule has 0 spiro atoms. The maximum Gasteiger partial charge on any atom is 0.192 e. The fourth-order valence-electron chi connectivity index (χ4n) is 3.48. The number of Topliss-reactive ketones (excluding diaryl/α,β-unsaturated/α-hetero) is 1. The van der Waals surface area contributed by atoms with Crippen LogP contribution in [0.5, 0.6) is 0 Å². The summed E-state index contributed by atoms with van der Waals surface area (Å²) in [4.78, 5) is 16.6. The number of aromatic nitrogens is 4. The molecule has 29 heavy (non-hydrogen) atoms. The van der Waals surface area contributed by atoms with Gasteiger partial charge in [0, 0.05) is 34.3 Å². The van der Waals surface area contributed by atoms with Gasteiger partial charge < -0.3 is 4.98 Å². The number of allylic oxidation sites excluding steroid dienone is 1. The maximum atomic E-state index is 13.3. The number of aromatic amines is 1. The summed E-state index contributed by atoms with van der Waals surface area (Å²) in [6.07, 6.45) is 1.82. The number of ketones is 1. The molecule has 0 bridgehead atoms. The second kappa shape index (κ2) is 8.09. The number of H-pyrrole nitrogens is 1. The molecule has 0 saturated heterocycles. The summed E-state index contributed by atoms with van der Waals surface area (Å²) in [5.41, 5.74) is 3.60. The quantitative estimate of drug-likeness (QED) is 0.259. The zero-order chi connectivity index (χ0) is 20.4. The van der Waals surface area contributed by atoms with Crippen molar-refractivity contribution in [3.05, 3.63) is 78.5 Å². The van der Waals surface area contributed by atoms with Gasteiger partial charge in [0.1, 0.15) is 0 Å². The van der Waals surface area contributed by atoms with E-state index in [9.17, 15) is 4.79 Å². The predicted octanol–water partition coefficient (Wildman–Crippen LogP) is 5.28. The zero-order valence-electron chi connectivity index (χ0n) is 16.4. The van der Waals surface area contributed by atoms with Gasteiger partial charge in [0.15, 0.2) is 16.8 Å². The summed E-state index contributed by atoms with van der Waals surface area (Å²) in [5.74, 6) is 0.857. The lowest BCUT2D eigenvalue weighted by molar-refractivity contribution is 0.0995. The minimum atomic E-state index is -0.302. The van der Waals surface area contributed by atoms with Crippen molar-refractivity contribution in [1.82, 2.24) is 19.7 Å². The summed E-state index contributed by atoms with van der Waals surface area (Å²) >= 11 is 1.43. The van der Waals surface area contributed by atoms with Crippen LogP contribution in [0, 0.1) is 6.92 Å². The molecule has 1 N–H and O–H groups in total. The molecule has 2 aromatic heterocycles. The molecule has 0 amide bonds. The van der Waals surface area contributed by atoms with Crippen LogP contribution < -0.4 is 0 Å². The number of nitrogens with zero attached hydrogens (tertiary/aromatic N) is 3. The van der Waals surface area contributed by atoms with Gasteiger partial charge in [-0.2, -0.15) is 0 Å². The van der Waals surface area contributed by atoms with Crippen LogP contribution in [0.3, 0.4) is 0 Å². The Kier molecular flexibility index (Phi) is 5.36. The first-order valence-corrected chi connectivity index (χ1v) is 10.4. The second-order valence-corrected chi connectivity index (χ2v) is 8.17. The molecule has 0 saturated carbocycles. The summed E-state index contributed by atoms with van der Waals surface area (Å²) in [6.45, 7) is 8.29. The van der Waals surface area contributed by atoms with Crippen molar-refractivity contribution in [1.29, 1.82) is 0 Å². The Morgan fingerprint density at radius 2 is 1.90 bits per heavy atom. The lowest BCUT2D eigenvalue weighted by Crippen LogP contribution is -2.15. The van der Waals surface area contributed by atoms with Gasteiger partial charge in [-0.05, 0) is 19.9 Å². The van der Waals surface area contributed by atoms with Crippen LogP contribution in [0.25, 0.3) is 22.3 Å². The first kappa shape index (κ1) is 19.2. The molecule has 5 nitrogen and oxygen atoms in total. The highest BCUT2D eigenvalue weighted by molar-refractivity contribution is 8.00. The number of benzene rings is 2. The number of thioether (sulfide) groups is 1. The summed E-state index contributed by atoms with van der Waals surface area (Å²) < 4.78 is 2.00. The number of hydrogen-bond acceptors (Lipinski definition) is 4. The SMILES string of the molecule is C=CCn1c(S[C@H](C)C(=O)c2c(C)[nH]c3ccccc23)nnc1-c1ccccc1. The number of carbonyl (C=O) groups excluding carboxylic acids is 1. The van der Waals surface area contributed by atoms with Gasteiger partial charge in [-0.1, -0.05) is 66.4 Å². The van der Waals surface area contributed by atoms with E-state index in [4.69, 9.17) is 0 Å². The Morgan fingerprint density at radius 3 is 2.66 bits per heavy atom. The predicted molar refractivity (Wildman–Crippen MR) is 118 cm³/mol. The van der Waals surface area contributed by atoms with Gasteiger partial charge in [0.25, 0.3) is 0 Å². The third-order valence-electron chi connectivity index (χ3n) is 4.85. The monoisotopic (exact) mass is 402 g/mol. The van der Waals surface area contributed by atoms with Crippen molar-refractivity contribution >= 4 is 28.4 Å². The molecule has 0 fully saturated rings. The average Bonchev–Trinajstić information content (AvgIpc) is 3.28. The van der Waals surface area contributed by atoms with Crippen LogP contribution in [0.4, 0.5) is 0 Å². The van der Waals surface area contributed by atoms with Crippen molar-refractivity contribution in [2.75, 3.05) is 0 Å². The number of hydrogen-bond donors (Lipinski definition) is 1. The molecule has 0 aliphatic carbocycles. The number of nitrogens with one attached hydrogen (secondary N) is 1. The number of fused-ring (bicyclic) bond motifs is 1. The third kappa shape index (κ3) is 3.63. The Balaban J connectivity index is 1.65. The Bertz CT molecular complexity index is 1180. The molecule has 146 valence electrons. The van der Waals surface area contributed by atoms with Gasteiger partial charge in [-0.3, -0.25) is 9.36 Å². The number of rotatable bonds is 7. The highest BCUT2D eigenvalue weighted by atomic mass is 32.2. The third-order valence-corrected chi connectivity index (χ3v) is 5.93. The first-order chi connectivity index (χ1) is 14.1. The van der Waals surface area contributed by atoms with E-state index in [0.717, 1.165) is 33.5 Å². The molecular formula is C23H22N4OS. The molecule has 4 rings (SSSR count). The summed E-state index contributed by atoms with van der Waals surface area (Å²) in [5, 5.41) is 10.1. The first-order valence-electron chi connectivity index (χ1n) is 9.48. The molecule has 0 aliphatic rings. The largest absolute Gasteiger partial charge is 0.358 e. The van der Waals surface area contributed by atoms with E-state index in [1.54, 1.807) is 0 Å². The normalized spacial score (nSPS) is 12.2. The molecular weight excluding hydrogens is 380 g/mol. The zero-order valence-corrected chi connectivity index (χ0v) is 17.2. The molecule has 0 unspecified atom stereocenters. The van der Waals surface area contributed by atoms with Crippen LogP contribution in [-0.2, 0) is 6.54 Å². The molecule has 2 aromatic carbocycles. The van der Waals surface area contributed by atoms with Gasteiger partial charge >= 0.3 is 0 Å². The topological polar surface area (TPSA) is 63.6 Å². The van der Waals surface area contributed by atoms with E-state index >= 15 is 0 Å². The van der Waals surface area contributed by atoms with Crippen LogP contribution in [0.2, 0.25) is 0 Å². The van der Waals surface area contributed by atoms with Gasteiger partial charge in [-0.25, -0.2) is 0 Å². The Morgan fingerprint density at radius 1 is 1.17 bits per heavy atom. The van der Waals surface area contributed by atoms with Gasteiger partial charge in [0.05, 0.1) is 5.25 Å². The lowest BCUT2D eigenvalue weighted by Gasteiger charge is -2.12. The average molecular weight is 403 g/mol. The van der Waals surface area contributed by atoms with Crippen molar-refractivity contribution in [2.24, 2.45) is 0 Å². The van der Waals surface area contributed by atoms with E-state index < -0.39 is 0 Å². The van der Waals surface area contributed by atoms with Crippen LogP contribution in [-0.4, -0.2) is 30.8 Å². The Hall–Kier alpha value is -3.12. The van der Waals surface area contributed by atoms with E-state index in [2.05, 4.69) is 21.8 Å². The minimum absolute atomic E-state index is 0.0827. The highest BCUT2D eigenvalue weighted by Gasteiger charge is 2.25. The molecule has 0 aliphatic heterocycles. The van der Waals surface area contributed by atoms with Crippen LogP contribution in [0.15, 0.2) is 72.4 Å². The lowest BCUT2D eigenvalue weighted by atomic mass is 10.1. The fraction of sp³-hybridized carbons (Fsp3) is 0.174. The standard InChI is InChI=1S/C23H22N4OS/c1-4-14-27-22(17-10-6-5-7-11-17)25-26-23(27)29-16(3)21(28)20-15(2)24-19-13-9-8-12-18(19)20/h4-13,16,24H,1,14H2,2-3H3/t16-/m1/s1. The molecule has 6 heteroatoms. The van der Waals surface area contributed by atoms with Crippen molar-refractivity contribution < 1.29 is 4.79 Å². The maximum absolute atomic E-state index is 13.3. The van der Waals surface area contributed by atoms with Gasteiger partial charge in [-0.15, -0.1) is 16.8 Å². The van der Waals surface area contributed by atoms with Crippen molar-refractivity contribution in [2.45, 2.75) is 30.8 Å². The van der Waals surface area contributed by atoms with E-state index in [1.807, 2.05) is 79.1 Å². The molecule has 0 radical (unpaired) electrons. The number of para-hydroxylation sites is 1. The smallest absolute Gasteiger partial charge is 0.192 e. The fourth-order valence-corrected chi connectivity index (χ4v) is 4.40. The Labute approximate surface area is 173 Å².